The highest BCUT2D eigenvalue weighted by Crippen LogP contribution is 2.35. The molecule has 0 aliphatic carbocycles. The van der Waals surface area contributed by atoms with Crippen LogP contribution in [0.5, 0.6) is 0 Å². The molecule has 0 N–H and O–H groups in total. The third kappa shape index (κ3) is 1.54. The molecule has 1 rings (SSSR count). The maximum absolute atomic E-state index is 11.8. The Kier molecular flexibility index (Phi) is 2.77. The molecule has 5 heteroatoms. The molecule has 59 valence electrons. The quantitative estimate of drug-likeness (QED) is 0.602. The first-order chi connectivity index (χ1) is 4.63. The second-order valence-electron chi connectivity index (χ2n) is 2.05. The van der Waals surface area contributed by atoms with Crippen LogP contribution in [0.4, 0.5) is 8.78 Å². The van der Waals surface area contributed by atoms with Gasteiger partial charge in [0, 0.05) is 6.42 Å². The molecule has 0 aromatic rings. The normalized spacial score (nSPS) is 33.0. The predicted octanol–water partition coefficient (Wildman–Crippen LogP) is 1.54. The fourth-order valence-electron chi connectivity index (χ4n) is 0.736. The zero-order chi connectivity index (χ0) is 7.72. The Labute approximate surface area is 65.9 Å². The SMILES string of the molecule is [O-][S+]1CCC1[C](Cl)C(F)F. The highest BCUT2D eigenvalue weighted by atomic mass is 35.5. The van der Waals surface area contributed by atoms with E-state index in [2.05, 4.69) is 0 Å². The first kappa shape index (κ1) is 8.56. The number of rotatable bonds is 2. The van der Waals surface area contributed by atoms with E-state index >= 15 is 0 Å². The van der Waals surface area contributed by atoms with Gasteiger partial charge in [-0.2, -0.15) is 0 Å². The van der Waals surface area contributed by atoms with Gasteiger partial charge < -0.3 is 4.55 Å². The molecular weight excluding hydrogens is 182 g/mol. The molecule has 0 aromatic heterocycles. The second-order valence-corrected chi connectivity index (χ2v) is 4.22. The van der Waals surface area contributed by atoms with Gasteiger partial charge in [0.15, 0.2) is 5.38 Å². The van der Waals surface area contributed by atoms with Crippen molar-refractivity contribution in [3.05, 3.63) is 5.38 Å². The van der Waals surface area contributed by atoms with Crippen LogP contribution in [0.1, 0.15) is 6.42 Å². The Morgan fingerprint density at radius 3 is 2.40 bits per heavy atom. The summed E-state index contributed by atoms with van der Waals surface area (Å²) < 4.78 is 34.2. The Hall–Kier alpha value is 0.460. The van der Waals surface area contributed by atoms with Gasteiger partial charge >= 0.3 is 0 Å². The number of halogens is 3. The van der Waals surface area contributed by atoms with Crippen molar-refractivity contribution >= 4 is 22.8 Å². The number of alkyl halides is 2. The van der Waals surface area contributed by atoms with E-state index in [1.807, 2.05) is 0 Å². The van der Waals surface area contributed by atoms with Gasteiger partial charge in [-0.3, -0.25) is 0 Å². The van der Waals surface area contributed by atoms with Crippen LogP contribution in [0, 0.1) is 5.38 Å². The molecule has 2 unspecified atom stereocenters. The molecule has 2 atom stereocenters. The average molecular weight is 188 g/mol. The van der Waals surface area contributed by atoms with Crippen molar-refractivity contribution in [3.63, 3.8) is 0 Å². The highest BCUT2D eigenvalue weighted by Gasteiger charge is 2.44. The van der Waals surface area contributed by atoms with Crippen molar-refractivity contribution in [2.75, 3.05) is 5.75 Å². The summed E-state index contributed by atoms with van der Waals surface area (Å²) in [5.41, 5.74) is 0. The van der Waals surface area contributed by atoms with E-state index in [0.29, 0.717) is 12.2 Å². The molecule has 1 nitrogen and oxygen atoms in total. The van der Waals surface area contributed by atoms with Crippen molar-refractivity contribution < 1.29 is 13.3 Å². The zero-order valence-electron chi connectivity index (χ0n) is 5.02. The van der Waals surface area contributed by atoms with E-state index in [1.54, 1.807) is 0 Å². The second kappa shape index (κ2) is 3.24. The van der Waals surface area contributed by atoms with E-state index in [4.69, 9.17) is 11.6 Å². The summed E-state index contributed by atoms with van der Waals surface area (Å²) >= 11 is 4.06. The van der Waals surface area contributed by atoms with Crippen molar-refractivity contribution in [1.29, 1.82) is 0 Å². The Morgan fingerprint density at radius 1 is 1.70 bits per heavy atom. The van der Waals surface area contributed by atoms with Gasteiger partial charge in [0.25, 0.3) is 6.43 Å². The average Bonchev–Trinajstić information content (AvgIpc) is 1.84. The topological polar surface area (TPSA) is 23.1 Å². The van der Waals surface area contributed by atoms with Crippen LogP contribution in [0.2, 0.25) is 0 Å². The maximum atomic E-state index is 11.8. The fourth-order valence-corrected chi connectivity index (χ4v) is 2.16. The van der Waals surface area contributed by atoms with Crippen LogP contribution in [0.25, 0.3) is 0 Å². The Bertz CT molecular complexity index is 119. The molecule has 0 spiro atoms. The van der Waals surface area contributed by atoms with Gasteiger partial charge in [-0.1, -0.05) is 0 Å². The lowest BCUT2D eigenvalue weighted by Gasteiger charge is -2.31. The summed E-state index contributed by atoms with van der Waals surface area (Å²) in [6.45, 7) is 0. The summed E-state index contributed by atoms with van der Waals surface area (Å²) in [5, 5.41) is -0.994. The molecule has 1 saturated heterocycles. The van der Waals surface area contributed by atoms with Gasteiger partial charge in [0.05, 0.1) is 0 Å². The minimum Gasteiger partial charge on any atom is -0.616 e. The highest BCUT2D eigenvalue weighted by molar-refractivity contribution is 7.93. The summed E-state index contributed by atoms with van der Waals surface area (Å²) in [4.78, 5) is 0. The first-order valence-corrected chi connectivity index (χ1v) is 4.56. The van der Waals surface area contributed by atoms with Gasteiger partial charge in [0.2, 0.25) is 0 Å². The molecule has 1 aliphatic rings. The van der Waals surface area contributed by atoms with Crippen LogP contribution < -0.4 is 0 Å². The lowest BCUT2D eigenvalue weighted by atomic mass is 10.2. The van der Waals surface area contributed by atoms with Gasteiger partial charge in [-0.15, -0.1) is 11.6 Å². The minimum atomic E-state index is -2.63. The Morgan fingerprint density at radius 2 is 2.30 bits per heavy atom. The molecule has 0 bridgehead atoms. The van der Waals surface area contributed by atoms with Crippen molar-refractivity contribution in [1.82, 2.24) is 0 Å². The summed E-state index contributed by atoms with van der Waals surface area (Å²) in [7, 11) is 0. The molecule has 1 heterocycles. The summed E-state index contributed by atoms with van der Waals surface area (Å²) in [5.74, 6) is 0.508. The zero-order valence-corrected chi connectivity index (χ0v) is 6.59. The standard InChI is InChI=1S/C5H6ClF2OS/c6-4(5(7)8)3-1-2-10(3)9/h3,5H,1-2H2. The molecular formula is C5H6ClF2OS. The van der Waals surface area contributed by atoms with Gasteiger partial charge in [-0.25, -0.2) is 8.78 Å². The predicted molar refractivity (Wildman–Crippen MR) is 36.5 cm³/mol. The van der Waals surface area contributed by atoms with Crippen LogP contribution >= 0.6 is 11.6 Å². The molecule has 0 amide bonds. The first-order valence-electron chi connectivity index (χ1n) is 2.80. The lowest BCUT2D eigenvalue weighted by Crippen LogP contribution is -2.41. The van der Waals surface area contributed by atoms with E-state index < -0.39 is 28.2 Å². The molecule has 1 fully saturated rings. The summed E-state index contributed by atoms with van der Waals surface area (Å²) in [6.07, 6.45) is -2.09. The monoisotopic (exact) mass is 187 g/mol. The lowest BCUT2D eigenvalue weighted by molar-refractivity contribution is 0.171. The van der Waals surface area contributed by atoms with Crippen molar-refractivity contribution in [3.8, 4) is 0 Å². The van der Waals surface area contributed by atoms with E-state index in [-0.39, 0.29) is 0 Å². The van der Waals surface area contributed by atoms with Crippen LogP contribution in [0.3, 0.4) is 0 Å². The number of hydrogen-bond donors (Lipinski definition) is 0. The third-order valence-electron chi connectivity index (χ3n) is 1.41. The Balaban J connectivity index is 2.34. The summed E-state index contributed by atoms with van der Waals surface area (Å²) in [6, 6.07) is 0. The molecule has 1 aliphatic heterocycles. The smallest absolute Gasteiger partial charge is 0.264 e. The van der Waals surface area contributed by atoms with Crippen LogP contribution in [0.15, 0.2) is 0 Å². The largest absolute Gasteiger partial charge is 0.616 e. The van der Waals surface area contributed by atoms with Gasteiger partial charge in [0.1, 0.15) is 11.0 Å². The molecule has 0 aromatic carbocycles. The van der Waals surface area contributed by atoms with Crippen LogP contribution in [-0.4, -0.2) is 22.0 Å². The number of hydrogen-bond acceptors (Lipinski definition) is 1. The van der Waals surface area contributed by atoms with E-state index in [1.165, 1.54) is 0 Å². The fraction of sp³-hybridized carbons (Fsp3) is 0.800. The maximum Gasteiger partial charge on any atom is 0.264 e. The van der Waals surface area contributed by atoms with Crippen molar-refractivity contribution in [2.24, 2.45) is 0 Å². The van der Waals surface area contributed by atoms with Crippen molar-refractivity contribution in [2.45, 2.75) is 18.1 Å². The third-order valence-corrected chi connectivity index (χ3v) is 3.73. The van der Waals surface area contributed by atoms with E-state index in [0.717, 1.165) is 0 Å². The molecule has 0 saturated carbocycles. The minimum absolute atomic E-state index is 0.440. The van der Waals surface area contributed by atoms with Gasteiger partial charge in [-0.05, 0) is 11.2 Å². The van der Waals surface area contributed by atoms with Crippen LogP contribution in [-0.2, 0) is 11.2 Å². The molecule has 1 radical (unpaired) electrons. The molecule has 10 heavy (non-hydrogen) atoms. The van der Waals surface area contributed by atoms with E-state index in [9.17, 15) is 13.3 Å².